The van der Waals surface area contributed by atoms with E-state index in [1.807, 2.05) is 18.3 Å². The van der Waals surface area contributed by atoms with Crippen LogP contribution in [0.15, 0.2) is 0 Å². The molecule has 0 aromatic carbocycles. The van der Waals surface area contributed by atoms with E-state index >= 15 is 0 Å². The van der Waals surface area contributed by atoms with Crippen LogP contribution in [0.3, 0.4) is 0 Å². The zero-order valence-electron chi connectivity index (χ0n) is 15.7. The van der Waals surface area contributed by atoms with Crippen LogP contribution >= 0.6 is 11.3 Å². The van der Waals surface area contributed by atoms with Gasteiger partial charge in [0.25, 0.3) is 0 Å². The van der Waals surface area contributed by atoms with Gasteiger partial charge in [-0.05, 0) is 63.4 Å². The van der Waals surface area contributed by atoms with E-state index in [2.05, 4.69) is 15.2 Å². The second kappa shape index (κ2) is 6.71. The van der Waals surface area contributed by atoms with Crippen LogP contribution in [0.5, 0.6) is 0 Å². The fraction of sp³-hybridized carbons (Fsp3) is 0.650. The lowest BCUT2D eigenvalue weighted by molar-refractivity contribution is -0.139. The maximum atomic E-state index is 11.2. The van der Waals surface area contributed by atoms with Crippen LogP contribution in [0.2, 0.25) is 0 Å². The Morgan fingerprint density at radius 3 is 2.85 bits per heavy atom. The van der Waals surface area contributed by atoms with Crippen molar-refractivity contribution in [1.29, 1.82) is 0 Å². The number of carbonyl (C=O) groups is 1. The van der Waals surface area contributed by atoms with Crippen LogP contribution in [-0.2, 0) is 17.6 Å². The molecule has 144 valence electrons. The Kier molecular flexibility index (Phi) is 4.31. The molecule has 0 aliphatic heterocycles. The zero-order chi connectivity index (χ0) is 18.5. The van der Waals surface area contributed by atoms with Gasteiger partial charge >= 0.3 is 5.97 Å². The fourth-order valence-electron chi connectivity index (χ4n) is 4.55. The molecule has 0 amide bonds. The van der Waals surface area contributed by atoms with Crippen LogP contribution in [0.1, 0.15) is 48.4 Å². The van der Waals surface area contributed by atoms with E-state index in [0.29, 0.717) is 18.0 Å². The number of anilines is 1. The van der Waals surface area contributed by atoms with Gasteiger partial charge in [-0.25, -0.2) is 9.97 Å². The van der Waals surface area contributed by atoms with Crippen LogP contribution in [-0.4, -0.2) is 51.1 Å². The number of aryl methyl sites for hydroxylation is 3. The van der Waals surface area contributed by atoms with Gasteiger partial charge in [0, 0.05) is 23.5 Å². The predicted molar refractivity (Wildman–Crippen MR) is 107 cm³/mol. The lowest BCUT2D eigenvalue weighted by atomic mass is 9.85. The molecule has 2 saturated carbocycles. The third-order valence-corrected chi connectivity index (χ3v) is 7.36. The van der Waals surface area contributed by atoms with E-state index in [4.69, 9.17) is 4.98 Å². The molecule has 3 aliphatic rings. The molecule has 2 fully saturated rings. The summed E-state index contributed by atoms with van der Waals surface area (Å²) in [6.45, 7) is 3.07. The average Bonchev–Trinajstić information content (AvgIpc) is 3.13. The summed E-state index contributed by atoms with van der Waals surface area (Å²) in [6.07, 6.45) is 8.05. The predicted octanol–water partition coefficient (Wildman–Crippen LogP) is 3.23. The third kappa shape index (κ3) is 3.43. The van der Waals surface area contributed by atoms with Gasteiger partial charge < -0.3 is 10.4 Å². The molecule has 5 rings (SSSR count). The highest BCUT2D eigenvalue weighted by Crippen LogP contribution is 2.41. The van der Waals surface area contributed by atoms with Crippen molar-refractivity contribution in [1.82, 2.24) is 14.9 Å². The Bertz CT molecular complexity index is 886. The maximum Gasteiger partial charge on any atom is 0.317 e. The fourth-order valence-corrected chi connectivity index (χ4v) is 5.86. The standard InChI is InChI=1S/C20H26N4O2S/c1-11-21-19(18-15-3-2-4-16(15)27-20(18)22-11)23-13-7-14(8-13)24(10-17(25)26)9-12-5-6-12/h12-14H,2-10H2,1H3,(H,25,26)(H,21,22,23). The number of hydrogen-bond donors (Lipinski definition) is 2. The number of nitrogens with zero attached hydrogens (tertiary/aromatic N) is 3. The number of fused-ring (bicyclic) bond motifs is 3. The van der Waals surface area contributed by atoms with Gasteiger partial charge in [0.1, 0.15) is 16.5 Å². The van der Waals surface area contributed by atoms with Crippen molar-refractivity contribution in [2.45, 2.75) is 64.0 Å². The molecule has 6 nitrogen and oxygen atoms in total. The number of nitrogens with one attached hydrogen (secondary N) is 1. The second-order valence-corrected chi connectivity index (χ2v) is 9.47. The van der Waals surface area contributed by atoms with Gasteiger partial charge in [-0.3, -0.25) is 9.69 Å². The lowest BCUT2D eigenvalue weighted by Gasteiger charge is -2.43. The molecule has 2 aromatic rings. The minimum absolute atomic E-state index is 0.169. The number of hydrogen-bond acceptors (Lipinski definition) is 6. The Morgan fingerprint density at radius 2 is 2.11 bits per heavy atom. The molecule has 0 saturated heterocycles. The van der Waals surface area contributed by atoms with Crippen LogP contribution in [0, 0.1) is 12.8 Å². The summed E-state index contributed by atoms with van der Waals surface area (Å²) >= 11 is 1.83. The largest absolute Gasteiger partial charge is 0.480 e. The highest BCUT2D eigenvalue weighted by molar-refractivity contribution is 7.19. The molecule has 2 N–H and O–H groups in total. The van der Waals surface area contributed by atoms with E-state index in [1.165, 1.54) is 41.5 Å². The molecule has 0 bridgehead atoms. The summed E-state index contributed by atoms with van der Waals surface area (Å²) in [6, 6.07) is 0.755. The number of carboxylic acids is 1. The average molecular weight is 387 g/mol. The molecule has 27 heavy (non-hydrogen) atoms. The van der Waals surface area contributed by atoms with E-state index < -0.39 is 5.97 Å². The topological polar surface area (TPSA) is 78.4 Å². The van der Waals surface area contributed by atoms with Crippen molar-refractivity contribution >= 4 is 33.3 Å². The summed E-state index contributed by atoms with van der Waals surface area (Å²) < 4.78 is 0. The van der Waals surface area contributed by atoms with Crippen molar-refractivity contribution in [3.8, 4) is 0 Å². The quantitative estimate of drug-likeness (QED) is 0.761. The number of carboxylic acid groups (broad SMARTS) is 1. The smallest absolute Gasteiger partial charge is 0.317 e. The van der Waals surface area contributed by atoms with Crippen molar-refractivity contribution in [3.63, 3.8) is 0 Å². The van der Waals surface area contributed by atoms with Gasteiger partial charge in [-0.1, -0.05) is 0 Å². The van der Waals surface area contributed by atoms with Gasteiger partial charge in [-0.15, -0.1) is 11.3 Å². The summed E-state index contributed by atoms with van der Waals surface area (Å²) in [5.74, 6) is 1.82. The molecular formula is C20H26N4O2S. The maximum absolute atomic E-state index is 11.2. The Balaban J connectivity index is 1.30. The summed E-state index contributed by atoms with van der Waals surface area (Å²) in [5, 5.41) is 14.1. The lowest BCUT2D eigenvalue weighted by Crippen LogP contribution is -2.52. The van der Waals surface area contributed by atoms with E-state index in [-0.39, 0.29) is 6.54 Å². The first-order chi connectivity index (χ1) is 13.1. The first-order valence-corrected chi connectivity index (χ1v) is 10.9. The number of thiophene rings is 1. The molecule has 7 heteroatoms. The molecule has 0 atom stereocenters. The minimum atomic E-state index is -0.714. The van der Waals surface area contributed by atoms with E-state index in [0.717, 1.165) is 42.3 Å². The zero-order valence-corrected chi connectivity index (χ0v) is 16.5. The number of aromatic nitrogens is 2. The van der Waals surface area contributed by atoms with Crippen LogP contribution in [0.25, 0.3) is 10.2 Å². The monoisotopic (exact) mass is 386 g/mol. The SMILES string of the molecule is Cc1nc(NC2CC(N(CC(=O)O)CC3CC3)C2)c2c3c(sc2n1)CCC3. The molecule has 0 unspecified atom stereocenters. The number of rotatable bonds is 7. The van der Waals surface area contributed by atoms with Crippen molar-refractivity contribution in [2.24, 2.45) is 5.92 Å². The van der Waals surface area contributed by atoms with Crippen molar-refractivity contribution in [2.75, 3.05) is 18.4 Å². The first kappa shape index (κ1) is 17.4. The Hall–Kier alpha value is -1.73. The third-order valence-electron chi connectivity index (χ3n) is 6.17. The molecular weight excluding hydrogens is 360 g/mol. The Labute approximate surface area is 163 Å². The van der Waals surface area contributed by atoms with Crippen molar-refractivity contribution in [3.05, 3.63) is 16.3 Å². The first-order valence-electron chi connectivity index (χ1n) is 10.1. The van der Waals surface area contributed by atoms with Gasteiger partial charge in [0.2, 0.25) is 0 Å². The summed E-state index contributed by atoms with van der Waals surface area (Å²) in [4.78, 5) is 25.4. The minimum Gasteiger partial charge on any atom is -0.480 e. The van der Waals surface area contributed by atoms with Gasteiger partial charge in [0.05, 0.1) is 11.9 Å². The molecule has 0 spiro atoms. The highest BCUT2D eigenvalue weighted by atomic mass is 32.1. The normalized spacial score (nSPS) is 24.2. The van der Waals surface area contributed by atoms with E-state index in [9.17, 15) is 9.90 Å². The van der Waals surface area contributed by atoms with Crippen LogP contribution in [0.4, 0.5) is 5.82 Å². The molecule has 3 aliphatic carbocycles. The van der Waals surface area contributed by atoms with Gasteiger partial charge in [-0.2, -0.15) is 0 Å². The molecule has 2 aromatic heterocycles. The highest BCUT2D eigenvalue weighted by Gasteiger charge is 2.37. The number of aliphatic carboxylic acids is 1. The summed E-state index contributed by atoms with van der Waals surface area (Å²) in [7, 11) is 0. The van der Waals surface area contributed by atoms with Crippen molar-refractivity contribution < 1.29 is 9.90 Å². The Morgan fingerprint density at radius 1 is 1.30 bits per heavy atom. The van der Waals surface area contributed by atoms with Crippen LogP contribution < -0.4 is 5.32 Å². The van der Waals surface area contributed by atoms with E-state index in [1.54, 1.807) is 0 Å². The molecule has 2 heterocycles. The second-order valence-electron chi connectivity index (χ2n) is 8.39. The summed E-state index contributed by atoms with van der Waals surface area (Å²) in [5.41, 5.74) is 1.45. The molecule has 0 radical (unpaired) electrons. The van der Waals surface area contributed by atoms with Gasteiger partial charge in [0.15, 0.2) is 0 Å².